The largest absolute Gasteiger partial charge is 0.474 e. The van der Waals surface area contributed by atoms with Crippen LogP contribution in [0.2, 0.25) is 46.3 Å². The number of nitrogens with zero attached hydrogens (tertiary/aromatic N) is 4. The molecule has 67 heavy (non-hydrogen) atoms. The summed E-state index contributed by atoms with van der Waals surface area (Å²) >= 11 is 14.5. The molecule has 4 rings (SSSR count). The normalized spacial score (nSPS) is 15.8. The molecule has 1 atom stereocenters. The third-order valence-electron chi connectivity index (χ3n) is 13.9. The lowest BCUT2D eigenvalue weighted by Gasteiger charge is -2.38. The average molecular weight is 998 g/mol. The van der Waals surface area contributed by atoms with Crippen molar-refractivity contribution in [3.05, 3.63) is 114 Å². The van der Waals surface area contributed by atoms with Gasteiger partial charge >= 0.3 is 0 Å². The average Bonchev–Trinajstić information content (AvgIpc) is 3.79. The molecule has 0 radical (unpaired) electrons. The van der Waals surface area contributed by atoms with Gasteiger partial charge in [-0.1, -0.05) is 147 Å². The Morgan fingerprint density at radius 2 is 1.31 bits per heavy atom. The minimum atomic E-state index is -1.90. The number of thiophene rings is 1. The van der Waals surface area contributed by atoms with E-state index in [1.54, 1.807) is 29.5 Å². The zero-order valence-electron chi connectivity index (χ0n) is 42.3. The van der Waals surface area contributed by atoms with E-state index in [4.69, 9.17) is 36.8 Å². The minimum absolute atomic E-state index is 0.0426. The summed E-state index contributed by atoms with van der Waals surface area (Å²) in [6, 6.07) is 22.2. The van der Waals surface area contributed by atoms with Gasteiger partial charge in [0.2, 0.25) is 0 Å². The summed E-state index contributed by atoms with van der Waals surface area (Å²) < 4.78 is 19.7. The first-order chi connectivity index (χ1) is 31.5. The maximum Gasteiger partial charge on any atom is 0.192 e. The summed E-state index contributed by atoms with van der Waals surface area (Å²) in [7, 11) is -3.80. The lowest BCUT2D eigenvalue weighted by molar-refractivity contribution is 0.0755. The fourth-order valence-electron chi connectivity index (χ4n) is 7.43. The number of benzene rings is 2. The first kappa shape index (κ1) is 55.7. The van der Waals surface area contributed by atoms with Crippen LogP contribution in [0.25, 0.3) is 18.2 Å². The van der Waals surface area contributed by atoms with Crippen molar-refractivity contribution in [2.45, 2.75) is 155 Å². The third kappa shape index (κ3) is 15.0. The van der Waals surface area contributed by atoms with Gasteiger partial charge in [0, 0.05) is 39.7 Å². The van der Waals surface area contributed by atoms with Crippen molar-refractivity contribution in [1.82, 2.24) is 0 Å². The highest BCUT2D eigenvalue weighted by Crippen LogP contribution is 2.48. The number of hydrogen-bond donors (Lipinski definition) is 0. The summed E-state index contributed by atoms with van der Waals surface area (Å²) in [5.74, 6) is -0.0426. The van der Waals surface area contributed by atoms with Crippen LogP contribution in [-0.4, -0.2) is 42.9 Å². The van der Waals surface area contributed by atoms with Crippen LogP contribution in [0.15, 0.2) is 77.1 Å². The number of aryl methyl sites for hydroxylation is 1. The van der Waals surface area contributed by atoms with Crippen molar-refractivity contribution >= 4 is 75.1 Å². The topological polar surface area (TPSA) is 102 Å². The Hall–Kier alpha value is -3.90. The van der Waals surface area contributed by atoms with Crippen molar-refractivity contribution in [1.29, 1.82) is 15.8 Å². The first-order valence-electron chi connectivity index (χ1n) is 24.0. The summed E-state index contributed by atoms with van der Waals surface area (Å²) in [6.07, 6.45) is 19.2. The zero-order valence-corrected chi connectivity index (χ0v) is 46.6. The standard InChI is InChI=1S/C55H74Cl2N4O3SSi2/c1-13-14-15-16-17-18-19-20-21-42-36-46(28-29-48-47(40-60)52(43(38-58)39-59)64-55(48,8)44-25-30-49(56)50(57)37-44)65-51(42)31-24-41-22-26-45(27-23-41)61(32-34-62-66(9,10)53(2,3)4)33-35-63-67(11,12)54(5,6)7/h22-31,36-37H,13-21,32-35H2,1-12H3/b29-28+,31-24+. The van der Waals surface area contributed by atoms with Gasteiger partial charge in [0.25, 0.3) is 0 Å². The van der Waals surface area contributed by atoms with E-state index in [-0.39, 0.29) is 27.0 Å². The number of nitriles is 3. The summed E-state index contributed by atoms with van der Waals surface area (Å²) in [6.45, 7) is 29.9. The Morgan fingerprint density at radius 3 is 1.84 bits per heavy atom. The first-order valence-corrected chi connectivity index (χ1v) is 31.4. The van der Waals surface area contributed by atoms with E-state index in [1.807, 2.05) is 31.2 Å². The second-order valence-electron chi connectivity index (χ2n) is 20.8. The number of allylic oxidation sites excluding steroid dienone is 2. The summed E-state index contributed by atoms with van der Waals surface area (Å²) in [4.78, 5) is 4.60. The van der Waals surface area contributed by atoms with E-state index in [1.165, 1.54) is 55.4 Å². The molecule has 3 aromatic rings. The van der Waals surface area contributed by atoms with Crippen LogP contribution in [0.1, 0.15) is 133 Å². The Morgan fingerprint density at radius 1 is 0.746 bits per heavy atom. The number of ether oxygens (including phenoxy) is 1. The van der Waals surface area contributed by atoms with Gasteiger partial charge in [0.05, 0.1) is 23.3 Å². The smallest absolute Gasteiger partial charge is 0.192 e. The van der Waals surface area contributed by atoms with Gasteiger partial charge in [0.1, 0.15) is 23.8 Å². The highest BCUT2D eigenvalue weighted by molar-refractivity contribution is 7.14. The molecule has 2 heterocycles. The molecule has 0 spiro atoms. The van der Waals surface area contributed by atoms with Crippen molar-refractivity contribution in [3.8, 4) is 18.2 Å². The summed E-state index contributed by atoms with van der Waals surface area (Å²) in [5, 5.41) is 31.1. The number of rotatable bonds is 23. The Balaban J connectivity index is 1.66. The van der Waals surface area contributed by atoms with E-state index >= 15 is 0 Å². The predicted molar refractivity (Wildman–Crippen MR) is 289 cm³/mol. The Kier molecular flexibility index (Phi) is 20.4. The lowest BCUT2D eigenvalue weighted by atomic mass is 9.86. The molecule has 2 aromatic carbocycles. The highest BCUT2D eigenvalue weighted by atomic mass is 35.5. The molecule has 0 fully saturated rings. The van der Waals surface area contributed by atoms with Crippen LogP contribution in [0, 0.1) is 34.0 Å². The molecule has 7 nitrogen and oxygen atoms in total. The molecule has 12 heteroatoms. The minimum Gasteiger partial charge on any atom is -0.474 e. The quantitative estimate of drug-likeness (QED) is 0.0530. The number of anilines is 1. The second-order valence-corrected chi connectivity index (χ2v) is 32.4. The molecule has 0 bridgehead atoms. The SMILES string of the molecule is CCCCCCCCCCc1cc(/C=C/C2=C(C#N)C(=C(C#N)C#N)OC2(C)c2ccc(Cl)c(Cl)c2)sc1/C=C/c1ccc(N(CCO[Si](C)(C)C(C)(C)C)CCO[Si](C)(C)C(C)(C)C)cc1. The van der Waals surface area contributed by atoms with Crippen molar-refractivity contribution in [3.63, 3.8) is 0 Å². The van der Waals surface area contributed by atoms with Gasteiger partial charge in [0.15, 0.2) is 33.6 Å². The van der Waals surface area contributed by atoms with Crippen LogP contribution in [-0.2, 0) is 25.6 Å². The molecule has 0 saturated carbocycles. The van der Waals surface area contributed by atoms with Crippen LogP contribution < -0.4 is 4.90 Å². The molecule has 1 aromatic heterocycles. The molecule has 0 saturated heterocycles. The lowest BCUT2D eigenvalue weighted by Crippen LogP contribution is -2.44. The molecular weight excluding hydrogens is 924 g/mol. The van der Waals surface area contributed by atoms with E-state index in [0.29, 0.717) is 34.4 Å². The Labute approximate surface area is 420 Å². The van der Waals surface area contributed by atoms with Crippen LogP contribution in [0.4, 0.5) is 5.69 Å². The van der Waals surface area contributed by atoms with Gasteiger partial charge < -0.3 is 18.5 Å². The molecule has 1 aliphatic heterocycles. The summed E-state index contributed by atoms with van der Waals surface area (Å²) in [5.41, 5.74) is 3.34. The maximum atomic E-state index is 10.4. The fraction of sp³-hybridized carbons (Fsp3) is 0.509. The van der Waals surface area contributed by atoms with E-state index in [9.17, 15) is 15.8 Å². The van der Waals surface area contributed by atoms with Crippen LogP contribution in [0.3, 0.4) is 0 Å². The van der Waals surface area contributed by atoms with Crippen molar-refractivity contribution in [2.75, 3.05) is 31.2 Å². The van der Waals surface area contributed by atoms with E-state index < -0.39 is 22.2 Å². The van der Waals surface area contributed by atoms with Gasteiger partial charge in [-0.3, -0.25) is 0 Å². The molecule has 0 N–H and O–H groups in total. The Bertz CT molecular complexity index is 2350. The molecule has 360 valence electrons. The highest BCUT2D eigenvalue weighted by Gasteiger charge is 2.44. The number of unbranched alkanes of at least 4 members (excludes halogenated alkanes) is 7. The van der Waals surface area contributed by atoms with E-state index in [2.05, 4.69) is 128 Å². The van der Waals surface area contributed by atoms with E-state index in [0.717, 1.165) is 42.1 Å². The molecular formula is C55H74Cl2N4O3SSi2. The molecule has 0 aliphatic carbocycles. The zero-order chi connectivity index (χ0) is 49.6. The number of halogens is 2. The van der Waals surface area contributed by atoms with Gasteiger partial charge in [-0.2, -0.15) is 15.8 Å². The molecule has 0 amide bonds. The van der Waals surface area contributed by atoms with Crippen molar-refractivity contribution < 1.29 is 13.6 Å². The van der Waals surface area contributed by atoms with Gasteiger partial charge in [-0.05, 0) is 110 Å². The van der Waals surface area contributed by atoms with Crippen LogP contribution in [0.5, 0.6) is 0 Å². The van der Waals surface area contributed by atoms with Crippen molar-refractivity contribution in [2.24, 2.45) is 0 Å². The molecule has 1 unspecified atom stereocenters. The van der Waals surface area contributed by atoms with Gasteiger partial charge in [-0.15, -0.1) is 11.3 Å². The fourth-order valence-corrected chi connectivity index (χ4v) is 10.8. The third-order valence-corrected chi connectivity index (χ3v) is 24.8. The number of hydrogen-bond acceptors (Lipinski definition) is 8. The second kappa shape index (κ2) is 24.6. The van der Waals surface area contributed by atoms with Crippen LogP contribution >= 0.6 is 34.5 Å². The predicted octanol–water partition coefficient (Wildman–Crippen LogP) is 16.8. The molecule has 1 aliphatic rings. The maximum absolute atomic E-state index is 10.4. The van der Waals surface area contributed by atoms with Gasteiger partial charge in [-0.25, -0.2) is 0 Å². The monoisotopic (exact) mass is 996 g/mol.